The third-order valence-corrected chi connectivity index (χ3v) is 5.96. The number of urea groups is 1. The van der Waals surface area contributed by atoms with Crippen molar-refractivity contribution in [1.82, 2.24) is 15.2 Å². The van der Waals surface area contributed by atoms with E-state index >= 15 is 0 Å². The number of thioether (sulfide) groups is 1. The topological polar surface area (TPSA) is 77.2 Å². The lowest BCUT2D eigenvalue weighted by molar-refractivity contribution is -0.118. The Kier molecular flexibility index (Phi) is 6.05. The van der Waals surface area contributed by atoms with Gasteiger partial charge < -0.3 is 20.5 Å². The summed E-state index contributed by atoms with van der Waals surface area (Å²) in [7, 11) is 0. The summed E-state index contributed by atoms with van der Waals surface area (Å²) < 4.78 is 0. The molecular formula is C22H24N4O2S. The van der Waals surface area contributed by atoms with Crippen LogP contribution in [0.2, 0.25) is 0 Å². The predicted octanol–water partition coefficient (Wildman–Crippen LogP) is 3.48. The number of carbonyl (C=O) groups is 2. The van der Waals surface area contributed by atoms with E-state index in [0.717, 1.165) is 28.0 Å². The van der Waals surface area contributed by atoms with Gasteiger partial charge in [0, 0.05) is 48.4 Å². The zero-order valence-corrected chi connectivity index (χ0v) is 16.9. The number of anilines is 1. The summed E-state index contributed by atoms with van der Waals surface area (Å²) in [6, 6.07) is 16.6. The highest BCUT2D eigenvalue weighted by molar-refractivity contribution is 7.99. The van der Waals surface area contributed by atoms with Gasteiger partial charge in [-0.15, -0.1) is 0 Å². The molecule has 0 saturated carbocycles. The maximum absolute atomic E-state index is 13.1. The van der Waals surface area contributed by atoms with Crippen LogP contribution in [0.3, 0.4) is 0 Å². The molecule has 1 saturated heterocycles. The lowest BCUT2D eigenvalue weighted by atomic mass is 10.1. The number of nitrogens with zero attached hydrogens (tertiary/aromatic N) is 1. The number of carbonyl (C=O) groups excluding carboxylic acids is 2. The molecule has 2 heterocycles. The molecular weight excluding hydrogens is 384 g/mol. The van der Waals surface area contributed by atoms with Gasteiger partial charge in [-0.1, -0.05) is 36.4 Å². The summed E-state index contributed by atoms with van der Waals surface area (Å²) in [5.74, 6) is 1.64. The smallest absolute Gasteiger partial charge is 0.318 e. The molecule has 29 heavy (non-hydrogen) atoms. The molecule has 7 heteroatoms. The highest BCUT2D eigenvalue weighted by atomic mass is 32.2. The van der Waals surface area contributed by atoms with Crippen LogP contribution in [-0.2, 0) is 11.2 Å². The van der Waals surface area contributed by atoms with Gasteiger partial charge in [0.1, 0.15) is 6.04 Å². The molecule has 1 aliphatic rings. The summed E-state index contributed by atoms with van der Waals surface area (Å²) in [5.41, 5.74) is 2.66. The number of amides is 3. The monoisotopic (exact) mass is 408 g/mol. The molecule has 3 aromatic rings. The lowest BCUT2D eigenvalue weighted by Gasteiger charge is -2.29. The van der Waals surface area contributed by atoms with Crippen molar-refractivity contribution < 1.29 is 9.59 Å². The Morgan fingerprint density at radius 2 is 1.86 bits per heavy atom. The van der Waals surface area contributed by atoms with Gasteiger partial charge >= 0.3 is 6.03 Å². The minimum Gasteiger partial charge on any atom is -0.361 e. The summed E-state index contributed by atoms with van der Waals surface area (Å²) in [6.07, 6.45) is 2.30. The fourth-order valence-electron chi connectivity index (χ4n) is 3.42. The van der Waals surface area contributed by atoms with Gasteiger partial charge in [-0.2, -0.15) is 11.8 Å². The molecule has 1 aliphatic heterocycles. The first-order valence-corrected chi connectivity index (χ1v) is 10.9. The van der Waals surface area contributed by atoms with Crippen LogP contribution in [0.4, 0.5) is 10.5 Å². The Morgan fingerprint density at radius 1 is 1.07 bits per heavy atom. The van der Waals surface area contributed by atoms with Gasteiger partial charge in [-0.05, 0) is 29.1 Å². The van der Waals surface area contributed by atoms with Crippen molar-refractivity contribution in [2.45, 2.75) is 12.5 Å². The van der Waals surface area contributed by atoms with E-state index in [1.807, 2.05) is 72.6 Å². The molecule has 1 fully saturated rings. The second-order valence-corrected chi connectivity index (χ2v) is 8.28. The van der Waals surface area contributed by atoms with Gasteiger partial charge in [-0.3, -0.25) is 4.79 Å². The van der Waals surface area contributed by atoms with Gasteiger partial charge in [0.25, 0.3) is 0 Å². The third-order valence-electron chi connectivity index (χ3n) is 5.02. The number of fused-ring (bicyclic) bond motifs is 1. The highest BCUT2D eigenvalue weighted by Gasteiger charge is 2.25. The summed E-state index contributed by atoms with van der Waals surface area (Å²) in [6.45, 7) is 1.42. The van der Waals surface area contributed by atoms with Crippen LogP contribution >= 0.6 is 11.8 Å². The van der Waals surface area contributed by atoms with Crippen LogP contribution in [0.1, 0.15) is 5.56 Å². The van der Waals surface area contributed by atoms with Crippen molar-refractivity contribution in [2.24, 2.45) is 0 Å². The van der Waals surface area contributed by atoms with Crippen molar-refractivity contribution in [3.8, 4) is 0 Å². The number of rotatable bonds is 5. The van der Waals surface area contributed by atoms with Crippen molar-refractivity contribution in [3.05, 3.63) is 66.4 Å². The molecule has 6 nitrogen and oxygen atoms in total. The first-order chi connectivity index (χ1) is 14.2. The Balaban J connectivity index is 1.49. The van der Waals surface area contributed by atoms with Crippen molar-refractivity contribution in [3.63, 3.8) is 0 Å². The van der Waals surface area contributed by atoms with Crippen molar-refractivity contribution in [1.29, 1.82) is 0 Å². The van der Waals surface area contributed by atoms with E-state index in [0.29, 0.717) is 25.2 Å². The SMILES string of the molecule is O=C(Nc1ccc2cc[nH]c2c1)C(Cc1ccccc1)NC(=O)N1CCSCC1. The number of benzene rings is 2. The second-order valence-electron chi connectivity index (χ2n) is 7.06. The average Bonchev–Trinajstić information content (AvgIpc) is 3.22. The molecule has 1 atom stereocenters. The van der Waals surface area contributed by atoms with Gasteiger partial charge in [-0.25, -0.2) is 4.79 Å². The maximum Gasteiger partial charge on any atom is 0.318 e. The summed E-state index contributed by atoms with van der Waals surface area (Å²) >= 11 is 1.84. The van der Waals surface area contributed by atoms with Crippen LogP contribution in [0.25, 0.3) is 10.9 Å². The summed E-state index contributed by atoms with van der Waals surface area (Å²) in [4.78, 5) is 30.7. The zero-order valence-electron chi connectivity index (χ0n) is 16.1. The number of aromatic nitrogens is 1. The Hall–Kier alpha value is -2.93. The fraction of sp³-hybridized carbons (Fsp3) is 0.273. The Morgan fingerprint density at radius 3 is 2.66 bits per heavy atom. The fourth-order valence-corrected chi connectivity index (χ4v) is 4.32. The second kappa shape index (κ2) is 9.05. The minimum absolute atomic E-state index is 0.179. The molecule has 2 aromatic carbocycles. The molecule has 150 valence electrons. The van der Waals surface area contributed by atoms with Gasteiger partial charge in [0.2, 0.25) is 5.91 Å². The van der Waals surface area contributed by atoms with Crippen LogP contribution in [0.15, 0.2) is 60.8 Å². The van der Waals surface area contributed by atoms with E-state index < -0.39 is 6.04 Å². The number of nitrogens with one attached hydrogen (secondary N) is 3. The van der Waals surface area contributed by atoms with Crippen molar-refractivity contribution >= 4 is 40.3 Å². The summed E-state index contributed by atoms with van der Waals surface area (Å²) in [5, 5.41) is 6.98. The number of hydrogen-bond acceptors (Lipinski definition) is 3. The molecule has 1 aromatic heterocycles. The number of H-pyrrole nitrogens is 1. The minimum atomic E-state index is -0.654. The molecule has 4 rings (SSSR count). The molecule has 0 radical (unpaired) electrons. The standard InChI is InChI=1S/C22H24N4O2S/c27-21(24-18-7-6-17-8-9-23-19(17)15-18)20(14-16-4-2-1-3-5-16)25-22(28)26-10-12-29-13-11-26/h1-9,15,20,23H,10-14H2,(H,24,27)(H,25,28). The molecule has 3 N–H and O–H groups in total. The van der Waals surface area contributed by atoms with Crippen LogP contribution in [-0.4, -0.2) is 52.5 Å². The molecule has 0 spiro atoms. The molecule has 3 amide bonds. The maximum atomic E-state index is 13.1. The average molecular weight is 409 g/mol. The van der Waals surface area contributed by atoms with Gasteiger partial charge in [0.15, 0.2) is 0 Å². The van der Waals surface area contributed by atoms with Crippen LogP contribution in [0, 0.1) is 0 Å². The lowest BCUT2D eigenvalue weighted by Crippen LogP contribution is -2.52. The van der Waals surface area contributed by atoms with E-state index in [1.54, 1.807) is 4.90 Å². The van der Waals surface area contributed by atoms with Crippen molar-refractivity contribution in [2.75, 3.05) is 29.9 Å². The van der Waals surface area contributed by atoms with Gasteiger partial charge in [0.05, 0.1) is 0 Å². The molecule has 1 unspecified atom stereocenters. The largest absolute Gasteiger partial charge is 0.361 e. The zero-order chi connectivity index (χ0) is 20.1. The predicted molar refractivity (Wildman–Crippen MR) is 118 cm³/mol. The normalized spacial score (nSPS) is 15.1. The van der Waals surface area contributed by atoms with E-state index in [4.69, 9.17) is 0 Å². The van der Waals surface area contributed by atoms with E-state index in [9.17, 15) is 9.59 Å². The molecule has 0 aliphatic carbocycles. The van der Waals surface area contributed by atoms with Crippen LogP contribution < -0.4 is 10.6 Å². The quantitative estimate of drug-likeness (QED) is 0.605. The van der Waals surface area contributed by atoms with E-state index in [2.05, 4.69) is 15.6 Å². The Labute approximate surface area is 174 Å². The number of aromatic amines is 1. The highest BCUT2D eigenvalue weighted by Crippen LogP contribution is 2.18. The first-order valence-electron chi connectivity index (χ1n) is 9.74. The Bertz CT molecular complexity index is 983. The first kappa shape index (κ1) is 19.4. The van der Waals surface area contributed by atoms with Crippen LogP contribution in [0.5, 0.6) is 0 Å². The van der Waals surface area contributed by atoms with E-state index in [1.165, 1.54) is 0 Å². The van der Waals surface area contributed by atoms with E-state index in [-0.39, 0.29) is 11.9 Å². The molecule has 0 bridgehead atoms. The number of hydrogen-bond donors (Lipinski definition) is 3. The third kappa shape index (κ3) is 4.92.